The van der Waals surface area contributed by atoms with Crippen molar-refractivity contribution in [2.24, 2.45) is 5.92 Å². The molecule has 1 fully saturated rings. The van der Waals surface area contributed by atoms with Crippen molar-refractivity contribution in [3.8, 4) is 0 Å². The van der Waals surface area contributed by atoms with Crippen LogP contribution in [0.25, 0.3) is 0 Å². The third-order valence-electron chi connectivity index (χ3n) is 3.67. The molecule has 1 heterocycles. The first-order chi connectivity index (χ1) is 9.77. The number of hydrogen-bond donors (Lipinski definition) is 2. The Labute approximate surface area is 131 Å². The summed E-state index contributed by atoms with van der Waals surface area (Å²) in [6.45, 7) is 2.17. The highest BCUT2D eigenvalue weighted by molar-refractivity contribution is 9.10. The SMILES string of the molecule is Cc1c(Br)cc(C(=O)O)cc1S(=O)(=O)N1CCC(CO)C1. The van der Waals surface area contributed by atoms with E-state index < -0.39 is 16.0 Å². The fraction of sp³-hybridized carbons (Fsp3) is 0.462. The summed E-state index contributed by atoms with van der Waals surface area (Å²) in [4.78, 5) is 11.1. The third-order valence-corrected chi connectivity index (χ3v) is 6.48. The molecule has 0 bridgehead atoms. The number of nitrogens with zero attached hydrogens (tertiary/aromatic N) is 1. The van der Waals surface area contributed by atoms with Crippen LogP contribution in [0.15, 0.2) is 21.5 Å². The van der Waals surface area contributed by atoms with E-state index in [0.29, 0.717) is 23.0 Å². The fourth-order valence-electron chi connectivity index (χ4n) is 2.35. The van der Waals surface area contributed by atoms with Gasteiger partial charge in [0, 0.05) is 24.2 Å². The van der Waals surface area contributed by atoms with E-state index in [1.54, 1.807) is 6.92 Å². The summed E-state index contributed by atoms with van der Waals surface area (Å²) in [6, 6.07) is 2.57. The van der Waals surface area contributed by atoms with Crippen LogP contribution in [0.2, 0.25) is 0 Å². The highest BCUT2D eigenvalue weighted by Crippen LogP contribution is 2.30. The van der Waals surface area contributed by atoms with Gasteiger partial charge in [0.05, 0.1) is 10.5 Å². The number of aliphatic hydroxyl groups is 1. The van der Waals surface area contributed by atoms with Gasteiger partial charge in [-0.3, -0.25) is 0 Å². The maximum atomic E-state index is 12.7. The number of rotatable bonds is 4. The van der Waals surface area contributed by atoms with Crippen molar-refractivity contribution in [3.05, 3.63) is 27.7 Å². The Balaban J connectivity index is 2.47. The van der Waals surface area contributed by atoms with Crippen LogP contribution in [0.4, 0.5) is 0 Å². The minimum atomic E-state index is -3.76. The lowest BCUT2D eigenvalue weighted by Crippen LogP contribution is -2.30. The molecule has 6 nitrogen and oxygen atoms in total. The number of aromatic carboxylic acids is 1. The summed E-state index contributed by atoms with van der Waals surface area (Å²) >= 11 is 3.21. The van der Waals surface area contributed by atoms with Crippen LogP contribution in [0, 0.1) is 12.8 Å². The van der Waals surface area contributed by atoms with Crippen molar-refractivity contribution in [2.45, 2.75) is 18.2 Å². The third kappa shape index (κ3) is 3.13. The van der Waals surface area contributed by atoms with Gasteiger partial charge >= 0.3 is 5.97 Å². The van der Waals surface area contributed by atoms with Gasteiger partial charge in [0.2, 0.25) is 10.0 Å². The molecule has 0 amide bonds. The van der Waals surface area contributed by atoms with Crippen LogP contribution in [0.3, 0.4) is 0 Å². The minimum absolute atomic E-state index is 0.00661. The van der Waals surface area contributed by atoms with Crippen molar-refractivity contribution >= 4 is 31.9 Å². The molecule has 21 heavy (non-hydrogen) atoms. The molecule has 1 atom stereocenters. The second kappa shape index (κ2) is 6.04. The Hall–Kier alpha value is -0.960. The Morgan fingerprint density at radius 1 is 1.48 bits per heavy atom. The molecule has 0 aromatic heterocycles. The van der Waals surface area contributed by atoms with Crippen LogP contribution in [0.1, 0.15) is 22.3 Å². The summed E-state index contributed by atoms with van der Waals surface area (Å²) in [5.41, 5.74) is 0.399. The highest BCUT2D eigenvalue weighted by atomic mass is 79.9. The van der Waals surface area contributed by atoms with Crippen LogP contribution in [0.5, 0.6) is 0 Å². The molecule has 0 aliphatic carbocycles. The first-order valence-electron chi connectivity index (χ1n) is 6.41. The number of carbonyl (C=O) groups is 1. The van der Waals surface area contributed by atoms with Gasteiger partial charge in [0.25, 0.3) is 0 Å². The van der Waals surface area contributed by atoms with Gasteiger partial charge in [-0.2, -0.15) is 4.31 Å². The standard InChI is InChI=1S/C13H16BrNO5S/c1-8-11(14)4-10(13(17)18)5-12(8)21(19,20)15-3-2-9(6-15)7-16/h4-5,9,16H,2-3,6-7H2,1H3,(H,17,18). The van der Waals surface area contributed by atoms with E-state index in [4.69, 9.17) is 10.2 Å². The average molecular weight is 378 g/mol. The van der Waals surface area contributed by atoms with Crippen LogP contribution >= 0.6 is 15.9 Å². The quantitative estimate of drug-likeness (QED) is 0.827. The Bertz CT molecular complexity index is 673. The first-order valence-corrected chi connectivity index (χ1v) is 8.65. The molecule has 1 saturated heterocycles. The Morgan fingerprint density at radius 2 is 2.14 bits per heavy atom. The molecule has 0 radical (unpaired) electrons. The minimum Gasteiger partial charge on any atom is -0.478 e. The number of sulfonamides is 1. The zero-order valence-electron chi connectivity index (χ0n) is 11.4. The predicted molar refractivity (Wildman–Crippen MR) is 79.8 cm³/mol. The largest absolute Gasteiger partial charge is 0.478 e. The van der Waals surface area contributed by atoms with Gasteiger partial charge in [-0.05, 0) is 37.0 Å². The number of carboxylic acids is 1. The van der Waals surface area contributed by atoms with Crippen LogP contribution < -0.4 is 0 Å². The summed E-state index contributed by atoms with van der Waals surface area (Å²) in [6.07, 6.45) is 0.606. The van der Waals surface area contributed by atoms with Crippen molar-refractivity contribution < 1.29 is 23.4 Å². The maximum absolute atomic E-state index is 12.7. The summed E-state index contributed by atoms with van der Waals surface area (Å²) in [7, 11) is -3.76. The van der Waals surface area contributed by atoms with Gasteiger partial charge in [-0.1, -0.05) is 15.9 Å². The molecule has 0 saturated carbocycles. The summed E-state index contributed by atoms with van der Waals surface area (Å²) < 4.78 is 27.1. The molecule has 1 aromatic carbocycles. The van der Waals surface area contributed by atoms with Crippen molar-refractivity contribution in [1.29, 1.82) is 0 Å². The van der Waals surface area contributed by atoms with Crippen molar-refractivity contribution in [2.75, 3.05) is 19.7 Å². The second-order valence-electron chi connectivity index (χ2n) is 5.09. The highest BCUT2D eigenvalue weighted by Gasteiger charge is 2.34. The lowest BCUT2D eigenvalue weighted by Gasteiger charge is -2.19. The van der Waals surface area contributed by atoms with Gasteiger partial charge in [0.15, 0.2) is 0 Å². The number of hydrogen-bond acceptors (Lipinski definition) is 4. The van der Waals surface area contributed by atoms with E-state index in [1.807, 2.05) is 0 Å². The van der Waals surface area contributed by atoms with E-state index in [-0.39, 0.29) is 29.5 Å². The zero-order chi connectivity index (χ0) is 15.8. The van der Waals surface area contributed by atoms with Crippen LogP contribution in [-0.2, 0) is 10.0 Å². The van der Waals surface area contributed by atoms with Crippen molar-refractivity contribution in [1.82, 2.24) is 4.31 Å². The van der Waals surface area contributed by atoms with Gasteiger partial charge in [-0.15, -0.1) is 0 Å². The summed E-state index contributed by atoms with van der Waals surface area (Å²) in [5, 5.41) is 18.2. The van der Waals surface area contributed by atoms with Crippen molar-refractivity contribution in [3.63, 3.8) is 0 Å². The lowest BCUT2D eigenvalue weighted by molar-refractivity contribution is 0.0696. The molecule has 1 unspecified atom stereocenters. The molecule has 2 rings (SSSR count). The topological polar surface area (TPSA) is 94.9 Å². The van der Waals surface area contributed by atoms with E-state index in [0.717, 1.165) is 0 Å². The predicted octanol–water partition coefficient (Wildman–Crippen LogP) is 1.46. The molecule has 2 N–H and O–H groups in total. The number of aliphatic hydroxyl groups excluding tert-OH is 1. The van der Waals surface area contributed by atoms with Gasteiger partial charge < -0.3 is 10.2 Å². The van der Waals surface area contributed by atoms with Crippen LogP contribution in [-0.4, -0.2) is 48.6 Å². The zero-order valence-corrected chi connectivity index (χ0v) is 13.8. The summed E-state index contributed by atoms with van der Waals surface area (Å²) in [5.74, 6) is -1.24. The maximum Gasteiger partial charge on any atom is 0.335 e. The molecule has 116 valence electrons. The molecule has 1 aliphatic heterocycles. The smallest absolute Gasteiger partial charge is 0.335 e. The van der Waals surface area contributed by atoms with Gasteiger partial charge in [-0.25, -0.2) is 13.2 Å². The van der Waals surface area contributed by atoms with E-state index in [1.165, 1.54) is 16.4 Å². The fourth-order valence-corrected chi connectivity index (χ4v) is 4.74. The molecule has 1 aliphatic rings. The number of halogens is 1. The van der Waals surface area contributed by atoms with E-state index in [9.17, 15) is 13.2 Å². The lowest BCUT2D eigenvalue weighted by atomic mass is 10.1. The number of carboxylic acid groups (broad SMARTS) is 1. The molecular weight excluding hydrogens is 362 g/mol. The Morgan fingerprint density at radius 3 is 2.67 bits per heavy atom. The van der Waals surface area contributed by atoms with E-state index >= 15 is 0 Å². The second-order valence-corrected chi connectivity index (χ2v) is 7.85. The molecule has 8 heteroatoms. The molecule has 0 spiro atoms. The first kappa shape index (κ1) is 16.4. The molecular formula is C13H16BrNO5S. The van der Waals surface area contributed by atoms with Gasteiger partial charge in [0.1, 0.15) is 0 Å². The van der Waals surface area contributed by atoms with E-state index in [2.05, 4.69) is 15.9 Å². The molecule has 1 aromatic rings. The normalized spacial score (nSPS) is 19.9. The number of benzene rings is 1. The Kier molecular flexibility index (Phi) is 4.72. The average Bonchev–Trinajstić information content (AvgIpc) is 2.90. The monoisotopic (exact) mass is 377 g/mol.